The van der Waals surface area contributed by atoms with Crippen LogP contribution >= 0.6 is 0 Å². The Labute approximate surface area is 200 Å². The van der Waals surface area contributed by atoms with Gasteiger partial charge in [0, 0.05) is 23.9 Å². The van der Waals surface area contributed by atoms with Crippen molar-refractivity contribution in [2.75, 3.05) is 7.05 Å². The normalized spacial score (nSPS) is 12.5. The molecule has 3 aromatic rings. The number of halogens is 2. The van der Waals surface area contributed by atoms with Crippen LogP contribution < -0.4 is 5.32 Å². The Morgan fingerprint density at radius 3 is 2.18 bits per heavy atom. The van der Waals surface area contributed by atoms with Gasteiger partial charge in [-0.15, -0.1) is 0 Å². The molecule has 0 radical (unpaired) electrons. The molecule has 0 amide bonds. The van der Waals surface area contributed by atoms with Crippen LogP contribution in [0.2, 0.25) is 0 Å². The number of hydrogen-bond acceptors (Lipinski definition) is 1. The van der Waals surface area contributed by atoms with Crippen LogP contribution in [0.15, 0.2) is 85.6 Å². The van der Waals surface area contributed by atoms with E-state index in [1.807, 2.05) is 45.2 Å². The number of fused-ring (bicyclic) bond motifs is 1. The van der Waals surface area contributed by atoms with Crippen molar-refractivity contribution in [3.8, 4) is 11.1 Å². The predicted octanol–water partition coefficient (Wildman–Crippen LogP) is 7.98. The fourth-order valence-corrected chi connectivity index (χ4v) is 4.64. The zero-order valence-electron chi connectivity index (χ0n) is 20.0. The lowest BCUT2D eigenvalue weighted by Gasteiger charge is -2.17. The summed E-state index contributed by atoms with van der Waals surface area (Å²) in [5.41, 5.74) is 11.5. The van der Waals surface area contributed by atoms with Gasteiger partial charge >= 0.3 is 0 Å². The maximum atomic E-state index is 14.4. The van der Waals surface area contributed by atoms with Crippen molar-refractivity contribution in [1.82, 2.24) is 5.32 Å². The van der Waals surface area contributed by atoms with E-state index in [4.69, 9.17) is 0 Å². The van der Waals surface area contributed by atoms with Crippen molar-refractivity contribution in [2.24, 2.45) is 0 Å². The Balaban J connectivity index is 1.95. The van der Waals surface area contributed by atoms with Gasteiger partial charge in [0.25, 0.3) is 0 Å². The highest BCUT2D eigenvalue weighted by Gasteiger charge is 2.26. The quantitative estimate of drug-likeness (QED) is 0.358. The minimum atomic E-state index is -0.276. The fraction of sp³-hybridized carbons (Fsp3) is 0.161. The summed E-state index contributed by atoms with van der Waals surface area (Å²) in [7, 11) is 1.85. The average molecular weight is 454 g/mol. The van der Waals surface area contributed by atoms with E-state index in [1.165, 1.54) is 23.8 Å². The summed E-state index contributed by atoms with van der Waals surface area (Å²) in [6.45, 7) is 16.1. The monoisotopic (exact) mass is 453 g/mol. The van der Waals surface area contributed by atoms with Crippen LogP contribution in [0.25, 0.3) is 27.8 Å². The lowest BCUT2D eigenvalue weighted by atomic mass is 9.89. The molecule has 4 rings (SSSR count). The summed E-state index contributed by atoms with van der Waals surface area (Å²) in [5, 5.41) is 3.19. The van der Waals surface area contributed by atoms with E-state index in [0.717, 1.165) is 63.1 Å². The minimum absolute atomic E-state index is 0.260. The van der Waals surface area contributed by atoms with Gasteiger partial charge in [0.2, 0.25) is 0 Å². The molecular weight excluding hydrogens is 424 g/mol. The maximum Gasteiger partial charge on any atom is 0.130 e. The van der Waals surface area contributed by atoms with E-state index in [1.54, 1.807) is 0 Å². The second-order valence-corrected chi connectivity index (χ2v) is 9.04. The van der Waals surface area contributed by atoms with Crippen LogP contribution in [-0.4, -0.2) is 7.05 Å². The fourth-order valence-electron chi connectivity index (χ4n) is 4.64. The van der Waals surface area contributed by atoms with Crippen LogP contribution in [0.5, 0.6) is 0 Å². The molecule has 0 atom stereocenters. The number of hydrogen-bond donors (Lipinski definition) is 1. The van der Waals surface area contributed by atoms with Gasteiger partial charge < -0.3 is 5.32 Å². The molecule has 0 spiro atoms. The largest absolute Gasteiger partial charge is 0.388 e. The summed E-state index contributed by atoms with van der Waals surface area (Å²) in [5.74, 6) is -0.536. The molecule has 1 nitrogen and oxygen atoms in total. The number of rotatable bonds is 7. The van der Waals surface area contributed by atoms with E-state index < -0.39 is 0 Å². The molecule has 0 saturated carbocycles. The number of likely N-dealkylation sites (N-methyl/N-ethyl adjacent to an activating group) is 1. The standard InChI is InChI=1S/C31H29F2N/c1-18(2)13-23-14-24-16-28(21-7-10-25(32)11-8-21)31(20(5)34-6)29(24)17-27(23)22-9-12-30(33)26(15-22)19(3)4/h7-12,14-15,17,34H,1,3,5,13,16H2,2,4,6H3. The van der Waals surface area contributed by atoms with Gasteiger partial charge in [-0.05, 0) is 102 Å². The van der Waals surface area contributed by atoms with Gasteiger partial charge in [0.05, 0.1) is 0 Å². The van der Waals surface area contributed by atoms with Gasteiger partial charge in [-0.25, -0.2) is 8.78 Å². The van der Waals surface area contributed by atoms with Gasteiger partial charge in [-0.1, -0.05) is 49.6 Å². The molecule has 0 unspecified atom stereocenters. The molecule has 3 aromatic carbocycles. The lowest BCUT2D eigenvalue weighted by Crippen LogP contribution is -2.07. The lowest BCUT2D eigenvalue weighted by molar-refractivity contribution is 0.624. The van der Waals surface area contributed by atoms with Crippen LogP contribution in [0, 0.1) is 11.6 Å². The first-order chi connectivity index (χ1) is 16.2. The van der Waals surface area contributed by atoms with E-state index in [0.29, 0.717) is 11.1 Å². The Hall–Kier alpha value is -3.72. The van der Waals surface area contributed by atoms with Gasteiger partial charge in [-0.2, -0.15) is 0 Å². The van der Waals surface area contributed by atoms with Gasteiger partial charge in [0.1, 0.15) is 11.6 Å². The Bertz CT molecular complexity index is 1360. The summed E-state index contributed by atoms with van der Waals surface area (Å²) in [6, 6.07) is 16.2. The second kappa shape index (κ2) is 9.26. The van der Waals surface area contributed by atoms with Gasteiger partial charge in [-0.3, -0.25) is 0 Å². The van der Waals surface area contributed by atoms with Crippen molar-refractivity contribution in [1.29, 1.82) is 0 Å². The van der Waals surface area contributed by atoms with Crippen LogP contribution in [-0.2, 0) is 12.8 Å². The highest BCUT2D eigenvalue weighted by atomic mass is 19.1. The van der Waals surface area contributed by atoms with E-state index in [-0.39, 0.29) is 11.6 Å². The number of nitrogens with one attached hydrogen (secondary N) is 1. The van der Waals surface area contributed by atoms with E-state index >= 15 is 0 Å². The molecule has 0 heterocycles. The summed E-state index contributed by atoms with van der Waals surface area (Å²) >= 11 is 0. The molecule has 0 aliphatic heterocycles. The Morgan fingerprint density at radius 2 is 1.56 bits per heavy atom. The zero-order valence-corrected chi connectivity index (χ0v) is 20.0. The first kappa shape index (κ1) is 23.4. The van der Waals surface area contributed by atoms with Crippen molar-refractivity contribution in [2.45, 2.75) is 26.7 Å². The highest BCUT2D eigenvalue weighted by Crippen LogP contribution is 2.44. The number of benzene rings is 3. The molecule has 0 saturated heterocycles. The molecule has 172 valence electrons. The topological polar surface area (TPSA) is 12.0 Å². The van der Waals surface area contributed by atoms with E-state index in [9.17, 15) is 8.78 Å². The first-order valence-electron chi connectivity index (χ1n) is 11.3. The summed E-state index contributed by atoms with van der Waals surface area (Å²) < 4.78 is 28.0. The Morgan fingerprint density at radius 1 is 0.882 bits per heavy atom. The van der Waals surface area contributed by atoms with Crippen LogP contribution in [0.4, 0.5) is 8.78 Å². The average Bonchev–Trinajstić information content (AvgIpc) is 3.16. The zero-order chi connectivity index (χ0) is 24.6. The third-order valence-corrected chi connectivity index (χ3v) is 6.29. The van der Waals surface area contributed by atoms with E-state index in [2.05, 4.69) is 37.2 Å². The molecule has 0 bridgehead atoms. The number of allylic oxidation sites excluding steroid dienone is 4. The van der Waals surface area contributed by atoms with Crippen molar-refractivity contribution in [3.05, 3.63) is 125 Å². The molecule has 3 heteroatoms. The molecule has 1 N–H and O–H groups in total. The molecular formula is C31H29F2N. The smallest absolute Gasteiger partial charge is 0.130 e. The molecule has 0 fully saturated rings. The Kier molecular flexibility index (Phi) is 6.39. The molecule has 0 aromatic heterocycles. The minimum Gasteiger partial charge on any atom is -0.388 e. The van der Waals surface area contributed by atoms with Gasteiger partial charge in [0.15, 0.2) is 0 Å². The van der Waals surface area contributed by atoms with Crippen molar-refractivity contribution in [3.63, 3.8) is 0 Å². The maximum absolute atomic E-state index is 14.4. The molecule has 1 aliphatic rings. The third-order valence-electron chi connectivity index (χ3n) is 6.29. The SMILES string of the molecule is C=C(C)Cc1cc2c(cc1-c1ccc(F)c(C(=C)C)c1)C(C(=C)NC)=C(c1ccc(F)cc1)C2. The summed E-state index contributed by atoms with van der Waals surface area (Å²) in [4.78, 5) is 0. The molecule has 1 aliphatic carbocycles. The third kappa shape index (κ3) is 4.38. The molecule has 34 heavy (non-hydrogen) atoms. The second-order valence-electron chi connectivity index (χ2n) is 9.04. The van der Waals surface area contributed by atoms with Crippen LogP contribution in [0.3, 0.4) is 0 Å². The van der Waals surface area contributed by atoms with Crippen molar-refractivity contribution < 1.29 is 8.78 Å². The first-order valence-corrected chi connectivity index (χ1v) is 11.3. The predicted molar refractivity (Wildman–Crippen MR) is 140 cm³/mol. The highest BCUT2D eigenvalue weighted by molar-refractivity contribution is 6.04. The van der Waals surface area contributed by atoms with Crippen LogP contribution in [0.1, 0.15) is 41.7 Å². The summed E-state index contributed by atoms with van der Waals surface area (Å²) in [6.07, 6.45) is 1.44. The van der Waals surface area contributed by atoms with Crippen molar-refractivity contribution >= 4 is 16.7 Å².